The van der Waals surface area contributed by atoms with Gasteiger partial charge in [0, 0.05) is 47.4 Å². The fraction of sp³-hybridized carbons (Fsp3) is 0.348. The Kier molecular flexibility index (Phi) is 4.77. The first kappa shape index (κ1) is 19.4. The third-order valence-electron chi connectivity index (χ3n) is 5.88. The highest BCUT2D eigenvalue weighted by Gasteiger charge is 2.48. The largest absolute Gasteiger partial charge is 0.357 e. The molecule has 0 radical (unpaired) electrons. The van der Waals surface area contributed by atoms with Gasteiger partial charge in [0.25, 0.3) is 11.8 Å². The van der Waals surface area contributed by atoms with Gasteiger partial charge in [-0.15, -0.1) is 0 Å². The van der Waals surface area contributed by atoms with Crippen molar-refractivity contribution in [3.8, 4) is 11.1 Å². The normalized spacial score (nSPS) is 18.5. The number of carbonyl (C=O) groups excluding carboxylic acids is 3. The van der Waals surface area contributed by atoms with E-state index < -0.39 is 0 Å². The molecule has 2 aromatic rings. The molecule has 5 rings (SSSR count). The number of nitrogens with one attached hydrogen (secondary N) is 1. The molecule has 1 N–H and O–H groups in total. The predicted octanol–water partition coefficient (Wildman–Crippen LogP) is 2.27. The molecule has 0 unspecified atom stereocenters. The molecule has 3 aliphatic rings. The molecule has 1 fully saturated rings. The van der Waals surface area contributed by atoms with E-state index in [2.05, 4.69) is 15.3 Å². The molecule has 0 atom stereocenters. The number of imide groups is 1. The number of hydrogen-bond acceptors (Lipinski definition) is 6. The van der Waals surface area contributed by atoms with E-state index in [1.165, 1.54) is 4.90 Å². The highest BCUT2D eigenvalue weighted by Crippen LogP contribution is 2.38. The van der Waals surface area contributed by atoms with Crippen molar-refractivity contribution in [2.45, 2.75) is 38.6 Å². The highest BCUT2D eigenvalue weighted by atomic mass is 16.2. The first-order valence-corrected chi connectivity index (χ1v) is 10.6. The van der Waals surface area contributed by atoms with E-state index in [1.807, 2.05) is 25.1 Å². The Morgan fingerprint density at radius 1 is 1.06 bits per heavy atom. The Morgan fingerprint density at radius 2 is 1.81 bits per heavy atom. The number of amides is 3. The quantitative estimate of drug-likeness (QED) is 0.750. The summed E-state index contributed by atoms with van der Waals surface area (Å²) in [4.78, 5) is 49.8. The first-order valence-electron chi connectivity index (χ1n) is 10.6. The first-order chi connectivity index (χ1) is 15.0. The van der Waals surface area contributed by atoms with E-state index in [9.17, 15) is 14.4 Å². The van der Waals surface area contributed by atoms with Crippen LogP contribution in [-0.2, 0) is 14.4 Å². The molecule has 2 aliphatic heterocycles. The Hall–Kier alpha value is -3.55. The van der Waals surface area contributed by atoms with Crippen molar-refractivity contribution in [1.82, 2.24) is 19.8 Å². The Balaban J connectivity index is 1.26. The van der Waals surface area contributed by atoms with Gasteiger partial charge in [0.2, 0.25) is 5.91 Å². The fourth-order valence-corrected chi connectivity index (χ4v) is 4.15. The minimum atomic E-state index is -0.267. The van der Waals surface area contributed by atoms with Crippen molar-refractivity contribution < 1.29 is 14.4 Å². The number of anilines is 1. The molecule has 0 bridgehead atoms. The summed E-state index contributed by atoms with van der Waals surface area (Å²) in [6.07, 6.45) is 6.57. The van der Waals surface area contributed by atoms with Crippen LogP contribution in [0, 0.1) is 6.92 Å². The van der Waals surface area contributed by atoms with Crippen molar-refractivity contribution in [2.24, 2.45) is 0 Å². The van der Waals surface area contributed by atoms with Crippen molar-refractivity contribution >= 4 is 23.5 Å². The van der Waals surface area contributed by atoms with Crippen LogP contribution in [0.2, 0.25) is 0 Å². The van der Waals surface area contributed by atoms with Crippen LogP contribution >= 0.6 is 0 Å². The van der Waals surface area contributed by atoms with Crippen LogP contribution in [0.15, 0.2) is 47.9 Å². The zero-order valence-electron chi connectivity index (χ0n) is 17.3. The molecule has 0 saturated heterocycles. The van der Waals surface area contributed by atoms with E-state index in [0.717, 1.165) is 36.1 Å². The fourth-order valence-electron chi connectivity index (χ4n) is 4.15. The summed E-state index contributed by atoms with van der Waals surface area (Å²) >= 11 is 0. The molecule has 2 aromatic heterocycles. The molecule has 8 nitrogen and oxygen atoms in total. The molecule has 3 amide bonds. The summed E-state index contributed by atoms with van der Waals surface area (Å²) in [5, 5.41) is 2.79. The Labute approximate surface area is 180 Å². The molecule has 1 saturated carbocycles. The Bertz CT molecular complexity index is 1090. The van der Waals surface area contributed by atoms with Crippen LogP contribution in [0.25, 0.3) is 11.1 Å². The van der Waals surface area contributed by atoms with Crippen LogP contribution in [0.1, 0.15) is 31.4 Å². The lowest BCUT2D eigenvalue weighted by atomic mass is 10.0. The summed E-state index contributed by atoms with van der Waals surface area (Å²) in [5.41, 5.74) is 3.78. The van der Waals surface area contributed by atoms with Gasteiger partial charge in [-0.3, -0.25) is 24.3 Å². The third kappa shape index (κ3) is 3.69. The van der Waals surface area contributed by atoms with Crippen LogP contribution in [-0.4, -0.2) is 56.6 Å². The molecular formula is C23H23N5O3. The number of nitrogens with zero attached hydrogens (tertiary/aromatic N) is 4. The molecule has 158 valence electrons. The van der Waals surface area contributed by atoms with Crippen molar-refractivity contribution in [1.29, 1.82) is 0 Å². The second kappa shape index (κ2) is 7.61. The predicted molar refractivity (Wildman–Crippen MR) is 114 cm³/mol. The highest BCUT2D eigenvalue weighted by molar-refractivity contribution is 6.19. The van der Waals surface area contributed by atoms with Crippen LogP contribution in [0.5, 0.6) is 0 Å². The third-order valence-corrected chi connectivity index (χ3v) is 5.88. The summed E-state index contributed by atoms with van der Waals surface area (Å²) in [6.45, 7) is 2.53. The molecule has 31 heavy (non-hydrogen) atoms. The maximum absolute atomic E-state index is 12.8. The van der Waals surface area contributed by atoms with Gasteiger partial charge >= 0.3 is 0 Å². The van der Waals surface area contributed by atoms with E-state index in [0.29, 0.717) is 30.1 Å². The number of carbonyl (C=O) groups is 3. The van der Waals surface area contributed by atoms with Gasteiger partial charge in [-0.2, -0.15) is 0 Å². The molecule has 0 aromatic carbocycles. The maximum atomic E-state index is 12.8. The zero-order valence-corrected chi connectivity index (χ0v) is 17.3. The van der Waals surface area contributed by atoms with Gasteiger partial charge in [-0.1, -0.05) is 6.07 Å². The van der Waals surface area contributed by atoms with Gasteiger partial charge in [-0.25, -0.2) is 4.98 Å². The van der Waals surface area contributed by atoms with Gasteiger partial charge in [0.1, 0.15) is 11.5 Å². The average Bonchev–Trinajstić information content (AvgIpc) is 3.56. The summed E-state index contributed by atoms with van der Waals surface area (Å²) in [5.74, 6) is -0.246. The summed E-state index contributed by atoms with van der Waals surface area (Å²) in [7, 11) is 0. The van der Waals surface area contributed by atoms with Crippen LogP contribution in [0.4, 0.5) is 5.82 Å². The topological polar surface area (TPSA) is 95.5 Å². The monoisotopic (exact) mass is 417 g/mol. The lowest BCUT2D eigenvalue weighted by molar-refractivity contribution is -0.138. The van der Waals surface area contributed by atoms with Crippen molar-refractivity contribution in [2.75, 3.05) is 18.4 Å². The van der Waals surface area contributed by atoms with Crippen molar-refractivity contribution in [3.63, 3.8) is 0 Å². The zero-order chi connectivity index (χ0) is 21.5. The second-order valence-corrected chi connectivity index (χ2v) is 8.23. The molecule has 1 aliphatic carbocycles. The number of rotatable bonds is 5. The average molecular weight is 417 g/mol. The van der Waals surface area contributed by atoms with Gasteiger partial charge in [0.05, 0.1) is 6.54 Å². The number of pyridine rings is 2. The smallest absolute Gasteiger partial charge is 0.277 e. The van der Waals surface area contributed by atoms with E-state index >= 15 is 0 Å². The maximum Gasteiger partial charge on any atom is 0.277 e. The van der Waals surface area contributed by atoms with Gasteiger partial charge in [-0.05, 0) is 50.8 Å². The second-order valence-electron chi connectivity index (χ2n) is 8.23. The van der Waals surface area contributed by atoms with Gasteiger partial charge in [0.15, 0.2) is 0 Å². The van der Waals surface area contributed by atoms with E-state index in [-0.39, 0.29) is 30.3 Å². The van der Waals surface area contributed by atoms with E-state index in [1.54, 1.807) is 23.4 Å². The molecule has 8 heteroatoms. The number of aromatic nitrogens is 2. The number of hydrogen-bond donors (Lipinski definition) is 1. The molecule has 0 spiro atoms. The van der Waals surface area contributed by atoms with Crippen molar-refractivity contribution in [3.05, 3.63) is 53.6 Å². The molecule has 4 heterocycles. The SMILES string of the molecule is Cc1ccc(-c2ccc(NC(=O)CN3CCCC4=C3C(=O)N(C3CC3)C4=O)nc2)cn1. The van der Waals surface area contributed by atoms with Crippen LogP contribution in [0.3, 0.4) is 0 Å². The van der Waals surface area contributed by atoms with E-state index in [4.69, 9.17) is 0 Å². The minimum absolute atomic E-state index is 0.0155. The minimum Gasteiger partial charge on any atom is -0.357 e. The number of aryl methyl sites for hydroxylation is 1. The summed E-state index contributed by atoms with van der Waals surface area (Å²) < 4.78 is 0. The Morgan fingerprint density at radius 3 is 2.45 bits per heavy atom. The summed E-state index contributed by atoms with van der Waals surface area (Å²) in [6, 6.07) is 7.57. The van der Waals surface area contributed by atoms with Gasteiger partial charge < -0.3 is 10.2 Å². The lowest BCUT2D eigenvalue weighted by Crippen LogP contribution is -2.40. The van der Waals surface area contributed by atoms with Crippen LogP contribution < -0.4 is 5.32 Å². The standard InChI is InChI=1S/C23H23N5O3/c1-14-4-5-15(11-24-14)16-6-9-19(25-12-16)26-20(29)13-27-10-2-3-18-21(27)23(31)28(22(18)30)17-7-8-17/h4-6,9,11-12,17H,2-3,7-8,10,13H2,1H3,(H,25,26,29). The lowest BCUT2D eigenvalue weighted by Gasteiger charge is -2.28. The molecular weight excluding hydrogens is 394 g/mol.